The van der Waals surface area contributed by atoms with Crippen molar-refractivity contribution in [3.8, 4) is 5.75 Å². The van der Waals surface area contributed by atoms with Gasteiger partial charge in [-0.15, -0.1) is 24.0 Å². The molecule has 0 spiro atoms. The summed E-state index contributed by atoms with van der Waals surface area (Å²) in [7, 11) is 5.22. The molecule has 2 N–H and O–H groups in total. The molecule has 0 bridgehead atoms. The van der Waals surface area contributed by atoms with E-state index in [1.54, 1.807) is 26.0 Å². The molecule has 0 saturated carbocycles. The van der Waals surface area contributed by atoms with Gasteiger partial charge < -0.3 is 20.3 Å². The Morgan fingerprint density at radius 2 is 2.09 bits per heavy atom. The number of hydrogen-bond donors (Lipinski definition) is 2. The van der Waals surface area contributed by atoms with Crippen molar-refractivity contribution in [2.24, 2.45) is 4.99 Å². The molecule has 0 saturated heterocycles. The molecular weight excluding hydrogens is 407 g/mol. The number of aliphatic imine (C=N–C) groups is 1. The van der Waals surface area contributed by atoms with Gasteiger partial charge in [0.05, 0.1) is 6.54 Å². The molecule has 0 fully saturated rings. The van der Waals surface area contributed by atoms with Crippen LogP contribution in [0.1, 0.15) is 12.0 Å². The molecule has 0 radical (unpaired) electrons. The maximum atomic E-state index is 11.5. The predicted octanol–water partition coefficient (Wildman–Crippen LogP) is 1.25. The Kier molecular flexibility index (Phi) is 8.15. The Morgan fingerprint density at radius 1 is 1.35 bits per heavy atom. The Labute approximate surface area is 154 Å². The standard InChI is InChI=1S/C16H24N4O2.HI/c1-17-16(18-9-8-15(21)20(2)3)19-11-13-10-12-6-4-5-7-14(12)22-13;/h4-7,13H,8-11H2,1-3H3,(H2,17,18,19);1H. The molecule has 1 aliphatic heterocycles. The van der Waals surface area contributed by atoms with Crippen molar-refractivity contribution >= 4 is 35.8 Å². The number of ether oxygens (including phenoxy) is 1. The number of benzene rings is 1. The monoisotopic (exact) mass is 432 g/mol. The van der Waals surface area contributed by atoms with Crippen LogP contribution in [0, 0.1) is 0 Å². The smallest absolute Gasteiger partial charge is 0.223 e. The lowest BCUT2D eigenvalue weighted by Gasteiger charge is -2.16. The highest BCUT2D eigenvalue weighted by Crippen LogP contribution is 2.27. The van der Waals surface area contributed by atoms with Crippen LogP contribution in [-0.2, 0) is 11.2 Å². The Balaban J connectivity index is 0.00000264. The predicted molar refractivity (Wildman–Crippen MR) is 103 cm³/mol. The summed E-state index contributed by atoms with van der Waals surface area (Å²) >= 11 is 0. The average Bonchev–Trinajstić information content (AvgIpc) is 2.93. The quantitative estimate of drug-likeness (QED) is 0.418. The summed E-state index contributed by atoms with van der Waals surface area (Å²) in [6, 6.07) is 8.10. The van der Waals surface area contributed by atoms with Crippen molar-refractivity contribution < 1.29 is 9.53 Å². The summed E-state index contributed by atoms with van der Waals surface area (Å²) in [5.74, 6) is 1.75. The zero-order valence-corrected chi connectivity index (χ0v) is 16.2. The number of nitrogens with zero attached hydrogens (tertiary/aromatic N) is 2. The van der Waals surface area contributed by atoms with E-state index in [9.17, 15) is 4.79 Å². The lowest BCUT2D eigenvalue weighted by atomic mass is 10.1. The molecule has 2 rings (SSSR count). The number of nitrogens with one attached hydrogen (secondary N) is 2. The Hall–Kier alpha value is -1.51. The van der Waals surface area contributed by atoms with Crippen molar-refractivity contribution in [2.75, 3.05) is 34.2 Å². The van der Waals surface area contributed by atoms with E-state index in [2.05, 4.69) is 21.7 Å². The zero-order chi connectivity index (χ0) is 15.9. The van der Waals surface area contributed by atoms with Crippen molar-refractivity contribution in [2.45, 2.75) is 18.9 Å². The Bertz CT molecular complexity index is 524. The number of carbonyl (C=O) groups excluding carboxylic acids is 1. The molecule has 7 heteroatoms. The summed E-state index contributed by atoms with van der Waals surface area (Å²) in [6.07, 6.45) is 1.46. The highest BCUT2D eigenvalue weighted by atomic mass is 127. The lowest BCUT2D eigenvalue weighted by Crippen LogP contribution is -2.43. The van der Waals surface area contributed by atoms with Crippen LogP contribution >= 0.6 is 24.0 Å². The maximum Gasteiger partial charge on any atom is 0.223 e. The second kappa shape index (κ2) is 9.59. The first-order valence-corrected chi connectivity index (χ1v) is 7.49. The van der Waals surface area contributed by atoms with Crippen molar-refractivity contribution in [3.05, 3.63) is 29.8 Å². The van der Waals surface area contributed by atoms with E-state index in [0.717, 1.165) is 12.2 Å². The van der Waals surface area contributed by atoms with E-state index in [0.29, 0.717) is 25.5 Å². The number of halogens is 1. The SMILES string of the molecule is CN=C(NCCC(=O)N(C)C)NCC1Cc2ccccc2O1.I. The minimum absolute atomic E-state index is 0. The molecule has 128 valence electrons. The fraction of sp³-hybridized carbons (Fsp3) is 0.500. The van der Waals surface area contributed by atoms with Gasteiger partial charge in [-0.05, 0) is 11.6 Å². The summed E-state index contributed by atoms with van der Waals surface area (Å²) in [5, 5.41) is 6.37. The zero-order valence-electron chi connectivity index (χ0n) is 13.8. The number of para-hydroxylation sites is 1. The first kappa shape index (κ1) is 19.5. The minimum Gasteiger partial charge on any atom is -0.488 e. The Morgan fingerprint density at radius 3 is 2.74 bits per heavy atom. The van der Waals surface area contributed by atoms with Crippen molar-refractivity contribution in [1.82, 2.24) is 15.5 Å². The van der Waals surface area contributed by atoms with Crippen molar-refractivity contribution in [3.63, 3.8) is 0 Å². The van der Waals surface area contributed by atoms with Gasteiger partial charge in [-0.2, -0.15) is 0 Å². The molecule has 1 aromatic rings. The minimum atomic E-state index is 0. The molecule has 1 aromatic carbocycles. The molecule has 1 unspecified atom stereocenters. The summed E-state index contributed by atoms with van der Waals surface area (Å²) in [5.41, 5.74) is 1.24. The largest absolute Gasteiger partial charge is 0.488 e. The van der Waals surface area contributed by atoms with Crippen LogP contribution in [0.2, 0.25) is 0 Å². The molecule has 1 atom stereocenters. The third-order valence-corrected chi connectivity index (χ3v) is 3.56. The van der Waals surface area contributed by atoms with Crippen LogP contribution < -0.4 is 15.4 Å². The molecule has 1 amide bonds. The van der Waals surface area contributed by atoms with E-state index < -0.39 is 0 Å². The van der Waals surface area contributed by atoms with Gasteiger partial charge in [0.1, 0.15) is 11.9 Å². The maximum absolute atomic E-state index is 11.5. The van der Waals surface area contributed by atoms with Gasteiger partial charge >= 0.3 is 0 Å². The topological polar surface area (TPSA) is 66.0 Å². The first-order valence-electron chi connectivity index (χ1n) is 7.49. The fourth-order valence-corrected chi connectivity index (χ4v) is 2.31. The first-order chi connectivity index (χ1) is 10.6. The number of carbonyl (C=O) groups is 1. The lowest BCUT2D eigenvalue weighted by molar-refractivity contribution is -0.128. The average molecular weight is 432 g/mol. The second-order valence-electron chi connectivity index (χ2n) is 5.47. The molecule has 0 aliphatic carbocycles. The third kappa shape index (κ3) is 5.89. The second-order valence-corrected chi connectivity index (χ2v) is 5.47. The normalized spacial score (nSPS) is 16.0. The number of fused-ring (bicyclic) bond motifs is 1. The number of hydrogen-bond acceptors (Lipinski definition) is 3. The van der Waals surface area contributed by atoms with Gasteiger partial charge in [0, 0.05) is 40.5 Å². The highest BCUT2D eigenvalue weighted by molar-refractivity contribution is 14.0. The van der Waals surface area contributed by atoms with E-state index in [-0.39, 0.29) is 36.0 Å². The molecule has 0 aromatic heterocycles. The summed E-state index contributed by atoms with van der Waals surface area (Å²) in [4.78, 5) is 17.2. The number of amides is 1. The van der Waals surface area contributed by atoms with E-state index in [1.807, 2.05) is 18.2 Å². The van der Waals surface area contributed by atoms with Gasteiger partial charge in [-0.1, -0.05) is 18.2 Å². The summed E-state index contributed by atoms with van der Waals surface area (Å²) < 4.78 is 5.87. The van der Waals surface area contributed by atoms with Gasteiger partial charge in [-0.3, -0.25) is 9.79 Å². The number of rotatable bonds is 5. The highest BCUT2D eigenvalue weighted by Gasteiger charge is 2.22. The van der Waals surface area contributed by atoms with Gasteiger partial charge in [0.2, 0.25) is 5.91 Å². The van der Waals surface area contributed by atoms with Crippen LogP contribution in [0.3, 0.4) is 0 Å². The van der Waals surface area contributed by atoms with Crippen LogP contribution in [0.15, 0.2) is 29.3 Å². The molecule has 1 aliphatic rings. The van der Waals surface area contributed by atoms with Gasteiger partial charge in [0.25, 0.3) is 0 Å². The van der Waals surface area contributed by atoms with Crippen molar-refractivity contribution in [1.29, 1.82) is 0 Å². The van der Waals surface area contributed by atoms with Crippen LogP contribution in [0.4, 0.5) is 0 Å². The van der Waals surface area contributed by atoms with Crippen LogP contribution in [-0.4, -0.2) is 57.1 Å². The molecule has 6 nitrogen and oxygen atoms in total. The van der Waals surface area contributed by atoms with Gasteiger partial charge in [0.15, 0.2) is 5.96 Å². The molecule has 23 heavy (non-hydrogen) atoms. The van der Waals surface area contributed by atoms with Crippen LogP contribution in [0.25, 0.3) is 0 Å². The van der Waals surface area contributed by atoms with E-state index in [1.165, 1.54) is 5.56 Å². The van der Waals surface area contributed by atoms with E-state index >= 15 is 0 Å². The summed E-state index contributed by atoms with van der Waals surface area (Å²) in [6.45, 7) is 1.23. The van der Waals surface area contributed by atoms with Crippen LogP contribution in [0.5, 0.6) is 5.75 Å². The fourth-order valence-electron chi connectivity index (χ4n) is 2.31. The van der Waals surface area contributed by atoms with Gasteiger partial charge in [-0.25, -0.2) is 0 Å². The third-order valence-electron chi connectivity index (χ3n) is 3.56. The molecular formula is C16H25IN4O2. The van der Waals surface area contributed by atoms with E-state index in [4.69, 9.17) is 4.74 Å². The number of guanidine groups is 1. The molecule has 1 heterocycles.